The van der Waals surface area contributed by atoms with Crippen molar-refractivity contribution in [1.29, 1.82) is 0 Å². The Balaban J connectivity index is 1.43. The number of aromatic nitrogens is 2. The van der Waals surface area contributed by atoms with E-state index in [2.05, 4.69) is 27.4 Å². The fraction of sp³-hybridized carbons (Fsp3) is 0.542. The normalized spacial score (nSPS) is 20.6. The van der Waals surface area contributed by atoms with Crippen LogP contribution in [0.3, 0.4) is 0 Å². The molecule has 1 aromatic heterocycles. The van der Waals surface area contributed by atoms with Crippen molar-refractivity contribution >= 4 is 29.1 Å². The van der Waals surface area contributed by atoms with Gasteiger partial charge in [-0.05, 0) is 68.4 Å². The number of aryl methyl sites for hydroxylation is 1. The van der Waals surface area contributed by atoms with Gasteiger partial charge in [0.05, 0.1) is 0 Å². The molecule has 3 heterocycles. The summed E-state index contributed by atoms with van der Waals surface area (Å²) in [5.41, 5.74) is 1.86. The van der Waals surface area contributed by atoms with Crippen molar-refractivity contribution in [1.82, 2.24) is 15.3 Å². The lowest BCUT2D eigenvalue weighted by Gasteiger charge is -2.38. The van der Waals surface area contributed by atoms with E-state index in [0.29, 0.717) is 36.7 Å². The summed E-state index contributed by atoms with van der Waals surface area (Å²) in [5, 5.41) is 7.02. The maximum Gasteiger partial charge on any atom is 0.231 e. The Hall–Kier alpha value is -2.32. The van der Waals surface area contributed by atoms with Gasteiger partial charge in [0.25, 0.3) is 0 Å². The molecule has 2 fully saturated rings. The van der Waals surface area contributed by atoms with Crippen LogP contribution >= 0.6 is 12.2 Å². The number of thiocarbonyl (C=S) groups is 1. The van der Waals surface area contributed by atoms with Crippen molar-refractivity contribution < 1.29 is 9.13 Å². The van der Waals surface area contributed by atoms with E-state index >= 15 is 0 Å². The number of rotatable bonds is 5. The second kappa shape index (κ2) is 10.1. The van der Waals surface area contributed by atoms with E-state index in [-0.39, 0.29) is 11.2 Å². The zero-order chi connectivity index (χ0) is 22.6. The summed E-state index contributed by atoms with van der Waals surface area (Å²) < 4.78 is 19.1. The summed E-state index contributed by atoms with van der Waals surface area (Å²) in [4.78, 5) is 11.6. The largest absolute Gasteiger partial charge is 0.381 e. The highest BCUT2D eigenvalue weighted by molar-refractivity contribution is 7.80. The maximum atomic E-state index is 13.5. The monoisotopic (exact) mass is 457 g/mol. The van der Waals surface area contributed by atoms with Crippen LogP contribution in [0.2, 0.25) is 0 Å². The molecule has 32 heavy (non-hydrogen) atoms. The first-order valence-corrected chi connectivity index (χ1v) is 11.8. The van der Waals surface area contributed by atoms with Crippen molar-refractivity contribution in [3.63, 3.8) is 0 Å². The van der Waals surface area contributed by atoms with E-state index < -0.39 is 0 Å². The van der Waals surface area contributed by atoms with Crippen molar-refractivity contribution in [2.75, 3.05) is 43.1 Å². The molecule has 1 atom stereocenters. The number of halogens is 1. The topological polar surface area (TPSA) is 62.3 Å². The summed E-state index contributed by atoms with van der Waals surface area (Å²) in [7, 11) is 0. The number of anilines is 2. The van der Waals surface area contributed by atoms with Gasteiger partial charge in [0, 0.05) is 50.0 Å². The van der Waals surface area contributed by atoms with Crippen molar-refractivity contribution in [3.05, 3.63) is 47.4 Å². The third-order valence-electron chi connectivity index (χ3n) is 6.54. The number of ether oxygens (including phenoxy) is 1. The van der Waals surface area contributed by atoms with E-state index in [9.17, 15) is 4.39 Å². The Kier molecular flexibility index (Phi) is 7.20. The quantitative estimate of drug-likeness (QED) is 0.653. The van der Waals surface area contributed by atoms with E-state index in [1.54, 1.807) is 0 Å². The molecule has 4 rings (SSSR count). The highest BCUT2D eigenvalue weighted by Crippen LogP contribution is 2.34. The molecule has 0 saturated carbocycles. The summed E-state index contributed by atoms with van der Waals surface area (Å²) >= 11 is 5.58. The second-order valence-corrected chi connectivity index (χ2v) is 9.50. The van der Waals surface area contributed by atoms with Gasteiger partial charge in [0.15, 0.2) is 5.11 Å². The molecule has 2 saturated heterocycles. The van der Waals surface area contributed by atoms with Crippen LogP contribution < -0.4 is 15.5 Å². The van der Waals surface area contributed by atoms with Gasteiger partial charge in [-0.1, -0.05) is 19.1 Å². The summed E-state index contributed by atoms with van der Waals surface area (Å²) in [6.07, 6.45) is 4.15. The molecule has 6 nitrogen and oxygen atoms in total. The molecular formula is C24H32FN5OS. The van der Waals surface area contributed by atoms with Gasteiger partial charge in [0.1, 0.15) is 11.6 Å². The lowest BCUT2D eigenvalue weighted by molar-refractivity contribution is 0.0515. The van der Waals surface area contributed by atoms with Crippen LogP contribution in [0.5, 0.6) is 0 Å². The van der Waals surface area contributed by atoms with Gasteiger partial charge < -0.3 is 20.3 Å². The van der Waals surface area contributed by atoms with Crippen molar-refractivity contribution in [2.24, 2.45) is 5.92 Å². The third kappa shape index (κ3) is 5.53. The molecule has 0 spiro atoms. The minimum Gasteiger partial charge on any atom is -0.381 e. The first-order chi connectivity index (χ1) is 15.4. The van der Waals surface area contributed by atoms with Crippen LogP contribution in [0, 0.1) is 18.7 Å². The lowest BCUT2D eigenvalue weighted by Crippen LogP contribution is -2.45. The summed E-state index contributed by atoms with van der Waals surface area (Å²) in [6, 6.07) is 8.81. The number of piperidine rings is 1. The molecule has 172 valence electrons. The van der Waals surface area contributed by atoms with Gasteiger partial charge in [-0.25, -0.2) is 9.37 Å². The fourth-order valence-electron chi connectivity index (χ4n) is 4.70. The van der Waals surface area contributed by atoms with Crippen molar-refractivity contribution in [2.45, 2.75) is 44.9 Å². The van der Waals surface area contributed by atoms with Crippen LogP contribution in [-0.2, 0) is 10.2 Å². The Morgan fingerprint density at radius 2 is 2.00 bits per heavy atom. The van der Waals surface area contributed by atoms with E-state index in [4.69, 9.17) is 21.9 Å². The second-order valence-electron chi connectivity index (χ2n) is 9.09. The van der Waals surface area contributed by atoms with E-state index in [1.165, 1.54) is 25.0 Å². The SMILES string of the molecule is Cc1cc(N2CCCC(C)C2)nc(NC(=S)NCC2(c3ccc(F)cc3)CCOCC2)n1. The van der Waals surface area contributed by atoms with Crippen LogP contribution in [0.15, 0.2) is 30.3 Å². The maximum absolute atomic E-state index is 13.5. The Morgan fingerprint density at radius 1 is 1.25 bits per heavy atom. The number of nitrogens with zero attached hydrogens (tertiary/aromatic N) is 3. The smallest absolute Gasteiger partial charge is 0.231 e. The van der Waals surface area contributed by atoms with Crippen LogP contribution in [-0.4, -0.2) is 47.9 Å². The number of hydrogen-bond donors (Lipinski definition) is 2. The summed E-state index contributed by atoms with van der Waals surface area (Å²) in [5.74, 6) is 1.90. The number of nitrogens with one attached hydrogen (secondary N) is 2. The number of hydrogen-bond acceptors (Lipinski definition) is 5. The van der Waals surface area contributed by atoms with Gasteiger partial charge in [-0.15, -0.1) is 0 Å². The van der Waals surface area contributed by atoms with Gasteiger partial charge >= 0.3 is 0 Å². The highest BCUT2D eigenvalue weighted by atomic mass is 32.1. The molecule has 1 aromatic carbocycles. The molecule has 8 heteroatoms. The molecule has 2 N–H and O–H groups in total. The van der Waals surface area contributed by atoms with Crippen molar-refractivity contribution in [3.8, 4) is 0 Å². The fourth-order valence-corrected chi connectivity index (χ4v) is 4.86. The average Bonchev–Trinajstić information content (AvgIpc) is 2.78. The first kappa shape index (κ1) is 22.9. The Morgan fingerprint density at radius 3 is 2.72 bits per heavy atom. The third-order valence-corrected chi connectivity index (χ3v) is 6.79. The molecule has 1 unspecified atom stereocenters. The van der Waals surface area contributed by atoms with Gasteiger partial charge in [-0.3, -0.25) is 0 Å². The van der Waals surface area contributed by atoms with Crippen LogP contribution in [0.1, 0.15) is 43.9 Å². The molecule has 0 amide bonds. The molecule has 0 bridgehead atoms. The molecule has 2 aliphatic rings. The van der Waals surface area contributed by atoms with E-state index in [1.807, 2.05) is 25.1 Å². The highest BCUT2D eigenvalue weighted by Gasteiger charge is 2.34. The minimum absolute atomic E-state index is 0.153. The molecular weight excluding hydrogens is 425 g/mol. The predicted molar refractivity (Wildman–Crippen MR) is 130 cm³/mol. The molecule has 0 aliphatic carbocycles. The lowest BCUT2D eigenvalue weighted by atomic mass is 9.74. The van der Waals surface area contributed by atoms with Crippen LogP contribution in [0.4, 0.5) is 16.2 Å². The Bertz CT molecular complexity index is 932. The Labute approximate surface area is 195 Å². The molecule has 0 radical (unpaired) electrons. The predicted octanol–water partition coefficient (Wildman–Crippen LogP) is 4.20. The van der Waals surface area contributed by atoms with Crippen LogP contribution in [0.25, 0.3) is 0 Å². The summed E-state index contributed by atoms with van der Waals surface area (Å²) in [6.45, 7) is 8.29. The van der Waals surface area contributed by atoms with Gasteiger partial charge in [0.2, 0.25) is 5.95 Å². The first-order valence-electron chi connectivity index (χ1n) is 11.4. The zero-order valence-corrected chi connectivity index (χ0v) is 19.7. The zero-order valence-electron chi connectivity index (χ0n) is 18.9. The van der Waals surface area contributed by atoms with Gasteiger partial charge in [-0.2, -0.15) is 4.98 Å². The standard InChI is InChI=1S/C24H32FN5OS/c1-17-4-3-11-30(15-17)21-14-18(2)27-22(28-21)29-23(32)26-16-24(9-12-31-13-10-24)19-5-7-20(25)8-6-19/h5-8,14,17H,3-4,9-13,15-16H2,1-2H3,(H2,26,27,28,29,32). The number of benzene rings is 1. The average molecular weight is 458 g/mol. The van der Waals surface area contributed by atoms with E-state index in [0.717, 1.165) is 43.0 Å². The minimum atomic E-state index is -0.225. The molecule has 2 aromatic rings. The molecule has 2 aliphatic heterocycles.